The summed E-state index contributed by atoms with van der Waals surface area (Å²) in [4.78, 5) is 12.6. The first-order chi connectivity index (χ1) is 13.0. The second kappa shape index (κ2) is 8.30. The van der Waals surface area contributed by atoms with Gasteiger partial charge in [-0.3, -0.25) is 4.79 Å². The molecule has 1 aromatic heterocycles. The lowest BCUT2D eigenvalue weighted by Crippen LogP contribution is -2.23. The Bertz CT molecular complexity index is 943. The van der Waals surface area contributed by atoms with Gasteiger partial charge in [-0.2, -0.15) is 4.68 Å². The quantitative estimate of drug-likeness (QED) is 0.648. The van der Waals surface area contributed by atoms with Gasteiger partial charge in [0.15, 0.2) is 0 Å². The first kappa shape index (κ1) is 19.0. The molecule has 27 heavy (non-hydrogen) atoms. The van der Waals surface area contributed by atoms with Crippen molar-refractivity contribution < 1.29 is 9.18 Å². The highest BCUT2D eigenvalue weighted by Crippen LogP contribution is 2.27. The van der Waals surface area contributed by atoms with E-state index in [-0.39, 0.29) is 11.7 Å². The SMILES string of the molecule is CC(Sc1nnnn1-c1cccc(F)c1)C(=O)Nc1ccccc1C(C)C. The van der Waals surface area contributed by atoms with Crippen molar-refractivity contribution in [2.45, 2.75) is 37.1 Å². The van der Waals surface area contributed by atoms with Gasteiger partial charge in [0.1, 0.15) is 5.82 Å². The van der Waals surface area contributed by atoms with Crippen molar-refractivity contribution in [3.63, 3.8) is 0 Å². The van der Waals surface area contributed by atoms with Crippen molar-refractivity contribution in [2.24, 2.45) is 0 Å². The first-order valence-electron chi connectivity index (χ1n) is 8.56. The molecule has 1 unspecified atom stereocenters. The lowest BCUT2D eigenvalue weighted by molar-refractivity contribution is -0.115. The molecule has 140 valence electrons. The molecule has 0 saturated heterocycles. The number of carbonyl (C=O) groups is 1. The number of carbonyl (C=O) groups excluding carboxylic acids is 1. The molecule has 1 amide bonds. The van der Waals surface area contributed by atoms with Gasteiger partial charge in [0.05, 0.1) is 10.9 Å². The predicted octanol–water partition coefficient (Wildman–Crippen LogP) is 4.04. The molecule has 3 aromatic rings. The summed E-state index contributed by atoms with van der Waals surface area (Å²) in [6, 6.07) is 13.7. The number of para-hydroxylation sites is 1. The van der Waals surface area contributed by atoms with Gasteiger partial charge in [0, 0.05) is 5.69 Å². The fraction of sp³-hybridized carbons (Fsp3) is 0.263. The molecule has 0 spiro atoms. The highest BCUT2D eigenvalue weighted by Gasteiger charge is 2.20. The largest absolute Gasteiger partial charge is 0.325 e. The minimum absolute atomic E-state index is 0.151. The van der Waals surface area contributed by atoms with Crippen molar-refractivity contribution >= 4 is 23.4 Å². The fourth-order valence-electron chi connectivity index (χ4n) is 2.58. The van der Waals surface area contributed by atoms with Crippen LogP contribution in [-0.4, -0.2) is 31.4 Å². The molecule has 0 bridgehead atoms. The summed E-state index contributed by atoms with van der Waals surface area (Å²) in [5, 5.41) is 14.5. The molecule has 6 nitrogen and oxygen atoms in total. The zero-order chi connectivity index (χ0) is 19.4. The summed E-state index contributed by atoms with van der Waals surface area (Å²) in [5.41, 5.74) is 2.38. The Labute approximate surface area is 161 Å². The van der Waals surface area contributed by atoms with E-state index < -0.39 is 5.25 Å². The van der Waals surface area contributed by atoms with Gasteiger partial charge in [0.25, 0.3) is 0 Å². The Hall–Kier alpha value is -2.74. The number of anilines is 1. The number of amides is 1. The number of rotatable bonds is 6. The van der Waals surface area contributed by atoms with Crippen molar-refractivity contribution in [1.82, 2.24) is 20.2 Å². The van der Waals surface area contributed by atoms with E-state index >= 15 is 0 Å². The molecule has 2 aromatic carbocycles. The van der Waals surface area contributed by atoms with Crippen LogP contribution < -0.4 is 5.32 Å². The number of nitrogens with zero attached hydrogens (tertiary/aromatic N) is 4. The van der Waals surface area contributed by atoms with Gasteiger partial charge in [0.2, 0.25) is 11.1 Å². The number of benzene rings is 2. The molecule has 3 rings (SSSR count). The smallest absolute Gasteiger partial charge is 0.237 e. The van der Waals surface area contributed by atoms with E-state index in [4.69, 9.17) is 0 Å². The maximum atomic E-state index is 13.5. The van der Waals surface area contributed by atoms with Crippen LogP contribution in [-0.2, 0) is 4.79 Å². The number of aromatic nitrogens is 4. The third-order valence-corrected chi connectivity index (χ3v) is 5.02. The summed E-state index contributed by atoms with van der Waals surface area (Å²) in [6.45, 7) is 5.94. The molecule has 1 N–H and O–H groups in total. The van der Waals surface area contributed by atoms with E-state index in [0.717, 1.165) is 11.3 Å². The minimum atomic E-state index is -0.441. The van der Waals surface area contributed by atoms with Crippen LogP contribution in [0, 0.1) is 5.82 Å². The number of thioether (sulfide) groups is 1. The van der Waals surface area contributed by atoms with Crippen molar-refractivity contribution in [3.8, 4) is 5.69 Å². The molecule has 0 saturated carbocycles. The molecule has 0 fully saturated rings. The maximum Gasteiger partial charge on any atom is 0.237 e. The van der Waals surface area contributed by atoms with Gasteiger partial charge < -0.3 is 5.32 Å². The Balaban J connectivity index is 1.74. The zero-order valence-corrected chi connectivity index (χ0v) is 16.1. The molecule has 8 heteroatoms. The second-order valence-electron chi connectivity index (χ2n) is 6.34. The van der Waals surface area contributed by atoms with Crippen LogP contribution >= 0.6 is 11.8 Å². The lowest BCUT2D eigenvalue weighted by atomic mass is 10.0. The van der Waals surface area contributed by atoms with Crippen molar-refractivity contribution in [1.29, 1.82) is 0 Å². The van der Waals surface area contributed by atoms with Crippen LogP contribution in [0.5, 0.6) is 0 Å². The minimum Gasteiger partial charge on any atom is -0.325 e. The molecular weight excluding hydrogens is 365 g/mol. The molecule has 0 aliphatic carbocycles. The van der Waals surface area contributed by atoms with Crippen LogP contribution in [0.15, 0.2) is 53.7 Å². The average molecular weight is 385 g/mol. The zero-order valence-electron chi connectivity index (χ0n) is 15.3. The topological polar surface area (TPSA) is 72.7 Å². The van der Waals surface area contributed by atoms with Crippen LogP contribution in [0.25, 0.3) is 5.69 Å². The van der Waals surface area contributed by atoms with Crippen LogP contribution in [0.4, 0.5) is 10.1 Å². The van der Waals surface area contributed by atoms with Gasteiger partial charge in [-0.1, -0.05) is 49.9 Å². The summed E-state index contributed by atoms with van der Waals surface area (Å²) >= 11 is 1.21. The van der Waals surface area contributed by atoms with Gasteiger partial charge >= 0.3 is 0 Å². The Morgan fingerprint density at radius 2 is 1.93 bits per heavy atom. The third-order valence-electron chi connectivity index (χ3n) is 3.99. The number of hydrogen-bond donors (Lipinski definition) is 1. The summed E-state index contributed by atoms with van der Waals surface area (Å²) in [6.07, 6.45) is 0. The van der Waals surface area contributed by atoms with Crippen molar-refractivity contribution in [2.75, 3.05) is 5.32 Å². The summed E-state index contributed by atoms with van der Waals surface area (Å²) < 4.78 is 14.9. The number of hydrogen-bond acceptors (Lipinski definition) is 5. The van der Waals surface area contributed by atoms with Crippen LogP contribution in [0.1, 0.15) is 32.3 Å². The highest BCUT2D eigenvalue weighted by atomic mass is 32.2. The van der Waals surface area contributed by atoms with E-state index in [9.17, 15) is 9.18 Å². The predicted molar refractivity (Wildman–Crippen MR) is 104 cm³/mol. The van der Waals surface area contributed by atoms with Crippen molar-refractivity contribution in [3.05, 3.63) is 59.9 Å². The van der Waals surface area contributed by atoms with Gasteiger partial charge in [-0.05, 0) is 53.1 Å². The van der Waals surface area contributed by atoms with E-state index in [1.54, 1.807) is 19.1 Å². The molecule has 0 aliphatic heterocycles. The Morgan fingerprint density at radius 1 is 1.15 bits per heavy atom. The average Bonchev–Trinajstić information content (AvgIpc) is 3.10. The van der Waals surface area contributed by atoms with E-state index in [0.29, 0.717) is 16.8 Å². The van der Waals surface area contributed by atoms with E-state index in [1.807, 2.05) is 24.3 Å². The van der Waals surface area contributed by atoms with Crippen LogP contribution in [0.2, 0.25) is 0 Å². The Morgan fingerprint density at radius 3 is 2.67 bits per heavy atom. The monoisotopic (exact) mass is 385 g/mol. The van der Waals surface area contributed by atoms with Gasteiger partial charge in [-0.25, -0.2) is 4.39 Å². The second-order valence-corrected chi connectivity index (χ2v) is 7.65. The van der Waals surface area contributed by atoms with E-state index in [1.165, 1.54) is 28.6 Å². The Kier molecular flexibility index (Phi) is 5.85. The molecule has 0 aliphatic rings. The number of tetrazole rings is 1. The maximum absolute atomic E-state index is 13.5. The highest BCUT2D eigenvalue weighted by molar-refractivity contribution is 8.00. The van der Waals surface area contributed by atoms with Gasteiger partial charge in [-0.15, -0.1) is 5.10 Å². The molecule has 0 radical (unpaired) electrons. The summed E-state index contributed by atoms with van der Waals surface area (Å²) in [7, 11) is 0. The third kappa shape index (κ3) is 4.51. The summed E-state index contributed by atoms with van der Waals surface area (Å²) in [5.74, 6) is -0.235. The molecule has 1 heterocycles. The number of nitrogens with one attached hydrogen (secondary N) is 1. The normalized spacial score (nSPS) is 12.2. The van der Waals surface area contributed by atoms with E-state index in [2.05, 4.69) is 34.7 Å². The number of halogens is 1. The standard InChI is InChI=1S/C19H20FN5OS/c1-12(2)16-9-4-5-10-17(16)21-18(26)13(3)27-19-22-23-24-25(19)15-8-6-7-14(20)11-15/h4-13H,1-3H3,(H,21,26). The molecule has 1 atom stereocenters. The fourth-order valence-corrected chi connectivity index (χ4v) is 3.39. The lowest BCUT2D eigenvalue weighted by Gasteiger charge is -2.16. The first-order valence-corrected chi connectivity index (χ1v) is 9.44. The van der Waals surface area contributed by atoms with Crippen LogP contribution in [0.3, 0.4) is 0 Å². The molecular formula is C19H20FN5OS.